The van der Waals surface area contributed by atoms with Crippen molar-refractivity contribution in [1.82, 2.24) is 4.90 Å². The molecule has 0 spiro atoms. The zero-order valence-electron chi connectivity index (χ0n) is 14.0. The molecule has 2 atom stereocenters. The van der Waals surface area contributed by atoms with E-state index >= 15 is 0 Å². The molecule has 3 rings (SSSR count). The van der Waals surface area contributed by atoms with Gasteiger partial charge in [-0.1, -0.05) is 19.1 Å². The summed E-state index contributed by atoms with van der Waals surface area (Å²) in [5, 5.41) is 10.5. The fourth-order valence-electron chi connectivity index (χ4n) is 3.54. The normalized spacial score (nSPS) is 22.9. The van der Waals surface area contributed by atoms with E-state index in [2.05, 4.69) is 17.9 Å². The van der Waals surface area contributed by atoms with Gasteiger partial charge in [0.25, 0.3) is 0 Å². The van der Waals surface area contributed by atoms with Crippen molar-refractivity contribution >= 4 is 11.6 Å². The maximum absolute atomic E-state index is 12.1. The zero-order valence-corrected chi connectivity index (χ0v) is 14.0. The Hall–Kier alpha value is -1.43. The number of hydrogen-bond acceptors (Lipinski definition) is 4. The predicted molar refractivity (Wildman–Crippen MR) is 89.6 cm³/mol. The van der Waals surface area contributed by atoms with Crippen LogP contribution in [0.15, 0.2) is 18.2 Å². The quantitative estimate of drug-likeness (QED) is 0.919. The van der Waals surface area contributed by atoms with Crippen LogP contribution < -0.4 is 4.90 Å². The van der Waals surface area contributed by atoms with E-state index in [4.69, 9.17) is 4.74 Å². The molecule has 5 nitrogen and oxygen atoms in total. The molecule has 1 aromatic rings. The molecule has 5 heteroatoms. The van der Waals surface area contributed by atoms with Crippen molar-refractivity contribution < 1.29 is 14.6 Å². The Bertz CT molecular complexity index is 569. The molecular weight excluding hydrogens is 292 g/mol. The number of anilines is 1. The van der Waals surface area contributed by atoms with Crippen LogP contribution in [0.5, 0.6) is 0 Å². The molecule has 1 N–H and O–H groups in total. The second kappa shape index (κ2) is 6.99. The summed E-state index contributed by atoms with van der Waals surface area (Å²) in [4.78, 5) is 16.3. The number of ether oxygens (including phenoxy) is 1. The Balaban J connectivity index is 1.73. The summed E-state index contributed by atoms with van der Waals surface area (Å²) in [6.45, 7) is 7.83. The summed E-state index contributed by atoms with van der Waals surface area (Å²) in [5.74, 6) is 0.165. The van der Waals surface area contributed by atoms with Gasteiger partial charge in [0.05, 0.1) is 19.3 Å². The number of rotatable bonds is 4. The lowest BCUT2D eigenvalue weighted by molar-refractivity contribution is -0.118. The Morgan fingerprint density at radius 3 is 2.83 bits per heavy atom. The molecule has 1 fully saturated rings. The Morgan fingerprint density at radius 1 is 1.39 bits per heavy atom. The molecule has 0 radical (unpaired) electrons. The molecule has 2 aliphatic heterocycles. The molecule has 126 valence electrons. The van der Waals surface area contributed by atoms with Crippen molar-refractivity contribution in [1.29, 1.82) is 0 Å². The van der Waals surface area contributed by atoms with Crippen molar-refractivity contribution in [2.45, 2.75) is 38.8 Å². The van der Waals surface area contributed by atoms with E-state index in [0.29, 0.717) is 13.0 Å². The van der Waals surface area contributed by atoms with Gasteiger partial charge in [-0.15, -0.1) is 0 Å². The first-order chi connectivity index (χ1) is 11.1. The lowest BCUT2D eigenvalue weighted by Gasteiger charge is -2.28. The van der Waals surface area contributed by atoms with Crippen molar-refractivity contribution in [3.63, 3.8) is 0 Å². The molecule has 0 aliphatic carbocycles. The first-order valence-corrected chi connectivity index (χ1v) is 8.53. The summed E-state index contributed by atoms with van der Waals surface area (Å²) in [6.07, 6.45) is 0.884. The summed E-state index contributed by atoms with van der Waals surface area (Å²) >= 11 is 0. The summed E-state index contributed by atoms with van der Waals surface area (Å²) < 4.78 is 5.34. The maximum atomic E-state index is 12.1. The van der Waals surface area contributed by atoms with E-state index in [1.54, 1.807) is 0 Å². The predicted octanol–water partition coefficient (Wildman–Crippen LogP) is 1.74. The minimum absolute atomic E-state index is 0.165. The summed E-state index contributed by atoms with van der Waals surface area (Å²) in [7, 11) is 0. The topological polar surface area (TPSA) is 53.0 Å². The second-order valence-corrected chi connectivity index (χ2v) is 6.49. The second-order valence-electron chi connectivity index (χ2n) is 6.49. The van der Waals surface area contributed by atoms with Crippen molar-refractivity contribution in [3.05, 3.63) is 29.3 Å². The monoisotopic (exact) mass is 318 g/mol. The number of nitrogens with zero attached hydrogens (tertiary/aromatic N) is 2. The van der Waals surface area contributed by atoms with Gasteiger partial charge in [-0.05, 0) is 30.5 Å². The smallest absolute Gasteiger partial charge is 0.226 e. The van der Waals surface area contributed by atoms with Gasteiger partial charge >= 0.3 is 0 Å². The van der Waals surface area contributed by atoms with Crippen LogP contribution in [-0.2, 0) is 16.0 Å². The van der Waals surface area contributed by atoms with Gasteiger partial charge in [0, 0.05) is 37.8 Å². The lowest BCUT2D eigenvalue weighted by Crippen LogP contribution is -2.38. The number of aliphatic hydroxyl groups excluding tert-OH is 1. The highest BCUT2D eigenvalue weighted by Crippen LogP contribution is 2.34. The highest BCUT2D eigenvalue weighted by atomic mass is 16.5. The molecule has 0 saturated carbocycles. The van der Waals surface area contributed by atoms with Crippen molar-refractivity contribution in [2.24, 2.45) is 0 Å². The third-order valence-electron chi connectivity index (χ3n) is 4.81. The van der Waals surface area contributed by atoms with Gasteiger partial charge in [-0.25, -0.2) is 0 Å². The van der Waals surface area contributed by atoms with Gasteiger partial charge in [0.1, 0.15) is 0 Å². The van der Waals surface area contributed by atoms with E-state index in [9.17, 15) is 9.90 Å². The van der Waals surface area contributed by atoms with Crippen LogP contribution in [0.2, 0.25) is 0 Å². The highest BCUT2D eigenvalue weighted by molar-refractivity contribution is 5.96. The molecule has 23 heavy (non-hydrogen) atoms. The van der Waals surface area contributed by atoms with Crippen molar-refractivity contribution in [2.75, 3.05) is 37.7 Å². The Labute approximate surface area is 137 Å². The summed E-state index contributed by atoms with van der Waals surface area (Å²) in [6, 6.07) is 6.21. The molecule has 2 heterocycles. The number of benzene rings is 1. The SMILES string of the molecule is CCC(=O)N1c2ccc([C@H](O)CN3CCOCC3)cc2C[C@H]1C. The molecule has 1 aromatic carbocycles. The molecular formula is C18H26N2O3. The van der Waals surface area contributed by atoms with E-state index < -0.39 is 6.10 Å². The first-order valence-electron chi connectivity index (χ1n) is 8.53. The van der Waals surface area contributed by atoms with Crippen LogP contribution in [0.3, 0.4) is 0 Å². The van der Waals surface area contributed by atoms with E-state index in [1.165, 1.54) is 0 Å². The van der Waals surface area contributed by atoms with Crippen molar-refractivity contribution in [3.8, 4) is 0 Å². The van der Waals surface area contributed by atoms with E-state index in [0.717, 1.165) is 49.5 Å². The van der Waals surface area contributed by atoms with Crippen LogP contribution in [0, 0.1) is 0 Å². The minimum Gasteiger partial charge on any atom is -0.387 e. The summed E-state index contributed by atoms with van der Waals surface area (Å²) in [5.41, 5.74) is 3.11. The van der Waals surface area contributed by atoms with Gasteiger partial charge in [-0.2, -0.15) is 0 Å². The first kappa shape index (κ1) is 16.4. The van der Waals surface area contributed by atoms with Crippen LogP contribution in [-0.4, -0.2) is 54.8 Å². The number of amides is 1. The standard InChI is InChI=1S/C18H26N2O3/c1-3-18(22)20-13(2)10-15-11-14(4-5-16(15)20)17(21)12-19-6-8-23-9-7-19/h4-5,11,13,17,21H,3,6-10,12H2,1-2H3/t13-,17-/m1/s1. The van der Waals surface area contributed by atoms with Crippen LogP contribution in [0.1, 0.15) is 37.5 Å². The van der Waals surface area contributed by atoms with E-state index in [-0.39, 0.29) is 11.9 Å². The van der Waals surface area contributed by atoms with Gasteiger partial charge < -0.3 is 14.7 Å². The molecule has 2 aliphatic rings. The highest BCUT2D eigenvalue weighted by Gasteiger charge is 2.30. The van der Waals surface area contributed by atoms with Gasteiger partial charge in [-0.3, -0.25) is 9.69 Å². The Morgan fingerprint density at radius 2 is 2.13 bits per heavy atom. The third kappa shape index (κ3) is 3.42. The largest absolute Gasteiger partial charge is 0.387 e. The number of carbonyl (C=O) groups is 1. The maximum Gasteiger partial charge on any atom is 0.226 e. The number of hydrogen-bond donors (Lipinski definition) is 1. The number of morpholine rings is 1. The molecule has 0 bridgehead atoms. The molecule has 1 saturated heterocycles. The average Bonchev–Trinajstić information content (AvgIpc) is 2.90. The number of β-amino-alcohol motifs (C(OH)–C–C–N with tert-alkyl or cyclic N) is 1. The molecule has 0 unspecified atom stereocenters. The van der Waals surface area contributed by atoms with Crippen LogP contribution in [0.25, 0.3) is 0 Å². The average molecular weight is 318 g/mol. The van der Waals surface area contributed by atoms with Crippen LogP contribution in [0.4, 0.5) is 5.69 Å². The number of carbonyl (C=O) groups excluding carboxylic acids is 1. The molecule has 1 amide bonds. The number of aliphatic hydroxyl groups is 1. The minimum atomic E-state index is -0.496. The Kier molecular flexibility index (Phi) is 4.99. The fraction of sp³-hybridized carbons (Fsp3) is 0.611. The lowest BCUT2D eigenvalue weighted by atomic mass is 10.0. The third-order valence-corrected chi connectivity index (χ3v) is 4.81. The molecule has 0 aromatic heterocycles. The van der Waals surface area contributed by atoms with Crippen LogP contribution >= 0.6 is 0 Å². The fourth-order valence-corrected chi connectivity index (χ4v) is 3.54. The van der Waals surface area contributed by atoms with Gasteiger partial charge in [0.2, 0.25) is 5.91 Å². The zero-order chi connectivity index (χ0) is 16.4. The van der Waals surface area contributed by atoms with Gasteiger partial charge in [0.15, 0.2) is 0 Å². The van der Waals surface area contributed by atoms with E-state index in [1.807, 2.05) is 24.0 Å². The number of fused-ring (bicyclic) bond motifs is 1.